The molecule has 0 spiro atoms. The highest BCUT2D eigenvalue weighted by Crippen LogP contribution is 2.33. The molecule has 0 N–H and O–H groups in total. The van der Waals surface area contributed by atoms with Gasteiger partial charge in [-0.3, -0.25) is 0 Å². The molecular weight excluding hydrogens is 276 g/mol. The molecule has 6 heteroatoms. The van der Waals surface area contributed by atoms with E-state index in [0.29, 0.717) is 41.8 Å². The van der Waals surface area contributed by atoms with Gasteiger partial charge in [-0.1, -0.05) is 0 Å². The molecule has 2 heterocycles. The fourth-order valence-corrected chi connectivity index (χ4v) is 2.01. The summed E-state index contributed by atoms with van der Waals surface area (Å²) in [6.45, 7) is 1.18. The fraction of sp³-hybridized carbons (Fsp3) is 0.267. The van der Waals surface area contributed by atoms with Gasteiger partial charge in [0, 0.05) is 6.07 Å². The van der Waals surface area contributed by atoms with Crippen LogP contribution in [0, 0.1) is 0 Å². The van der Waals surface area contributed by atoms with E-state index in [1.54, 1.807) is 24.3 Å². The summed E-state index contributed by atoms with van der Waals surface area (Å²) in [5.41, 5.74) is 0.357. The summed E-state index contributed by atoms with van der Waals surface area (Å²) in [5, 5.41) is 0. The van der Waals surface area contributed by atoms with Crippen molar-refractivity contribution in [1.82, 2.24) is 0 Å². The normalized spacial score (nSPS) is 12.8. The van der Waals surface area contributed by atoms with E-state index in [0.717, 1.165) is 0 Å². The molecule has 2 aromatic rings. The zero-order valence-corrected chi connectivity index (χ0v) is 11.5. The number of methoxy groups -OCH3 is 1. The topological polar surface area (TPSA) is 67.1 Å². The number of hydrogen-bond donors (Lipinski definition) is 0. The Kier molecular flexibility index (Phi) is 3.68. The van der Waals surface area contributed by atoms with E-state index < -0.39 is 5.97 Å². The van der Waals surface area contributed by atoms with Crippen molar-refractivity contribution in [3.8, 4) is 17.2 Å². The van der Waals surface area contributed by atoms with E-state index in [1.165, 1.54) is 13.4 Å². The molecule has 0 radical (unpaired) electrons. The molecule has 3 rings (SSSR count). The van der Waals surface area contributed by atoms with Gasteiger partial charge < -0.3 is 23.4 Å². The van der Waals surface area contributed by atoms with Crippen LogP contribution in [0.1, 0.15) is 16.1 Å². The summed E-state index contributed by atoms with van der Waals surface area (Å²) in [6, 6.07) is 6.85. The average molecular weight is 290 g/mol. The Morgan fingerprint density at radius 2 is 2.00 bits per heavy atom. The molecule has 0 atom stereocenters. The molecular formula is C15H14O6. The molecule has 6 nitrogen and oxygen atoms in total. The number of carbonyl (C=O) groups is 1. The number of carbonyl (C=O) groups excluding carboxylic acids is 1. The third-order valence-electron chi connectivity index (χ3n) is 3.03. The van der Waals surface area contributed by atoms with Crippen molar-refractivity contribution in [1.29, 1.82) is 0 Å². The highest BCUT2D eigenvalue weighted by atomic mass is 16.6. The molecule has 0 amide bonds. The Morgan fingerprint density at radius 1 is 1.19 bits per heavy atom. The van der Waals surface area contributed by atoms with Crippen LogP contribution in [-0.4, -0.2) is 26.3 Å². The molecule has 0 saturated carbocycles. The second kappa shape index (κ2) is 5.78. The second-order valence-corrected chi connectivity index (χ2v) is 4.34. The van der Waals surface area contributed by atoms with Gasteiger partial charge in [0.05, 0.1) is 13.4 Å². The van der Waals surface area contributed by atoms with Gasteiger partial charge in [-0.15, -0.1) is 0 Å². The number of fused-ring (bicyclic) bond motifs is 1. The first-order valence-corrected chi connectivity index (χ1v) is 6.45. The van der Waals surface area contributed by atoms with E-state index in [2.05, 4.69) is 4.74 Å². The minimum atomic E-state index is -0.454. The summed E-state index contributed by atoms with van der Waals surface area (Å²) in [7, 11) is 1.32. The highest BCUT2D eigenvalue weighted by Gasteiger charge is 2.16. The number of rotatable bonds is 4. The number of esters is 1. The minimum Gasteiger partial charge on any atom is -0.486 e. The molecule has 1 aliphatic rings. The lowest BCUT2D eigenvalue weighted by Crippen LogP contribution is -2.15. The summed E-state index contributed by atoms with van der Waals surface area (Å²) in [4.78, 5) is 11.5. The maximum absolute atomic E-state index is 11.5. The maximum atomic E-state index is 11.5. The van der Waals surface area contributed by atoms with Crippen LogP contribution in [-0.2, 0) is 11.3 Å². The number of hydrogen-bond acceptors (Lipinski definition) is 6. The van der Waals surface area contributed by atoms with Crippen LogP contribution in [0.3, 0.4) is 0 Å². The van der Waals surface area contributed by atoms with Crippen molar-refractivity contribution in [2.75, 3.05) is 20.3 Å². The summed E-state index contributed by atoms with van der Waals surface area (Å²) < 4.78 is 26.4. The van der Waals surface area contributed by atoms with Crippen molar-refractivity contribution >= 4 is 5.97 Å². The number of furan rings is 1. The van der Waals surface area contributed by atoms with Gasteiger partial charge in [-0.25, -0.2) is 4.79 Å². The Bertz CT molecular complexity index is 645. The van der Waals surface area contributed by atoms with Crippen molar-refractivity contribution in [3.05, 3.63) is 41.9 Å². The quantitative estimate of drug-likeness (QED) is 0.806. The minimum absolute atomic E-state index is 0.122. The van der Waals surface area contributed by atoms with Crippen LogP contribution < -0.4 is 14.2 Å². The second-order valence-electron chi connectivity index (χ2n) is 4.34. The van der Waals surface area contributed by atoms with Crippen LogP contribution in [0.5, 0.6) is 17.2 Å². The Labute approximate surface area is 121 Å². The predicted octanol–water partition coefficient (Wildman–Crippen LogP) is 2.42. The van der Waals surface area contributed by atoms with Crippen molar-refractivity contribution in [2.24, 2.45) is 0 Å². The molecule has 0 saturated heterocycles. The Hall–Kier alpha value is -2.63. The SMILES string of the molecule is COC(=O)c1ccoc1COc1ccc2c(c1)OCCO2. The lowest BCUT2D eigenvalue weighted by molar-refractivity contribution is 0.0595. The largest absolute Gasteiger partial charge is 0.486 e. The molecule has 1 aromatic carbocycles. The predicted molar refractivity (Wildman–Crippen MR) is 71.8 cm³/mol. The van der Waals surface area contributed by atoms with Gasteiger partial charge in [0.2, 0.25) is 0 Å². The average Bonchev–Trinajstić information content (AvgIpc) is 3.00. The molecule has 0 fully saturated rings. The van der Waals surface area contributed by atoms with E-state index in [9.17, 15) is 4.79 Å². The first kappa shape index (κ1) is 13.4. The molecule has 0 aliphatic carbocycles. The van der Waals surface area contributed by atoms with E-state index in [-0.39, 0.29) is 6.61 Å². The lowest BCUT2D eigenvalue weighted by Gasteiger charge is -2.18. The third kappa shape index (κ3) is 2.79. The van der Waals surface area contributed by atoms with Crippen LogP contribution in [0.4, 0.5) is 0 Å². The van der Waals surface area contributed by atoms with Gasteiger partial charge in [0.15, 0.2) is 17.3 Å². The summed E-state index contributed by atoms with van der Waals surface area (Å²) >= 11 is 0. The zero-order chi connectivity index (χ0) is 14.7. The van der Waals surface area contributed by atoms with Crippen LogP contribution in [0.15, 0.2) is 34.9 Å². The van der Waals surface area contributed by atoms with Crippen molar-refractivity contribution in [2.45, 2.75) is 6.61 Å². The number of benzene rings is 1. The van der Waals surface area contributed by atoms with Gasteiger partial charge in [-0.05, 0) is 18.2 Å². The molecule has 1 aliphatic heterocycles. The molecule has 1 aromatic heterocycles. The zero-order valence-electron chi connectivity index (χ0n) is 11.5. The van der Waals surface area contributed by atoms with Gasteiger partial charge in [-0.2, -0.15) is 0 Å². The van der Waals surface area contributed by atoms with Crippen molar-refractivity contribution in [3.63, 3.8) is 0 Å². The van der Waals surface area contributed by atoms with Gasteiger partial charge in [0.1, 0.15) is 31.1 Å². The van der Waals surface area contributed by atoms with Crippen LogP contribution >= 0.6 is 0 Å². The highest BCUT2D eigenvalue weighted by molar-refractivity contribution is 5.90. The standard InChI is InChI=1S/C15H14O6/c1-17-15(16)11-4-5-18-14(11)9-21-10-2-3-12-13(8-10)20-7-6-19-12/h2-5,8H,6-7,9H2,1H3. The van der Waals surface area contributed by atoms with E-state index >= 15 is 0 Å². The third-order valence-corrected chi connectivity index (χ3v) is 3.03. The first-order valence-electron chi connectivity index (χ1n) is 6.45. The lowest BCUT2D eigenvalue weighted by atomic mass is 10.2. The maximum Gasteiger partial charge on any atom is 0.341 e. The Morgan fingerprint density at radius 3 is 2.81 bits per heavy atom. The van der Waals surface area contributed by atoms with Gasteiger partial charge in [0.25, 0.3) is 0 Å². The summed E-state index contributed by atoms with van der Waals surface area (Å²) in [5.74, 6) is 1.90. The van der Waals surface area contributed by atoms with E-state index in [4.69, 9.17) is 18.6 Å². The van der Waals surface area contributed by atoms with Crippen LogP contribution in [0.25, 0.3) is 0 Å². The van der Waals surface area contributed by atoms with Crippen molar-refractivity contribution < 1.29 is 28.2 Å². The number of ether oxygens (including phenoxy) is 4. The molecule has 0 bridgehead atoms. The molecule has 0 unspecified atom stereocenters. The fourth-order valence-electron chi connectivity index (χ4n) is 2.01. The molecule has 21 heavy (non-hydrogen) atoms. The van der Waals surface area contributed by atoms with Gasteiger partial charge >= 0.3 is 5.97 Å². The smallest absolute Gasteiger partial charge is 0.341 e. The molecule has 110 valence electrons. The first-order chi connectivity index (χ1) is 10.3. The van der Waals surface area contributed by atoms with E-state index in [1.807, 2.05) is 0 Å². The van der Waals surface area contributed by atoms with Crippen LogP contribution in [0.2, 0.25) is 0 Å². The monoisotopic (exact) mass is 290 g/mol. The Balaban J connectivity index is 1.71. The summed E-state index contributed by atoms with van der Waals surface area (Å²) in [6.07, 6.45) is 1.43.